The molecule has 0 radical (unpaired) electrons. The lowest BCUT2D eigenvalue weighted by atomic mass is 9.46. The molecular formula is C23H27NO7S. The maximum atomic E-state index is 12.2. The molecule has 9 heteroatoms. The number of rotatable bonds is 3. The molecule has 2 spiro atoms. The van der Waals surface area contributed by atoms with Gasteiger partial charge in [0.2, 0.25) is 0 Å². The number of thioether (sulfide) groups is 1. The Morgan fingerprint density at radius 2 is 2.12 bits per heavy atom. The highest BCUT2D eigenvalue weighted by Crippen LogP contribution is 2.80. The van der Waals surface area contributed by atoms with Gasteiger partial charge in [-0.3, -0.25) is 4.79 Å². The third-order valence-electron chi connectivity index (χ3n) is 9.33. The first-order valence-corrected chi connectivity index (χ1v) is 12.2. The second-order valence-corrected chi connectivity index (χ2v) is 11.5. The summed E-state index contributed by atoms with van der Waals surface area (Å²) < 4.78 is 24.2. The quantitative estimate of drug-likeness (QED) is 0.381. The highest BCUT2D eigenvalue weighted by molar-refractivity contribution is 8.04. The Morgan fingerprint density at radius 1 is 1.38 bits per heavy atom. The summed E-state index contributed by atoms with van der Waals surface area (Å²) in [5, 5.41) is 23.2. The van der Waals surface area contributed by atoms with Crippen LogP contribution in [0.15, 0.2) is 11.1 Å². The lowest BCUT2D eigenvalue weighted by Gasteiger charge is -2.58. The van der Waals surface area contributed by atoms with E-state index in [0.29, 0.717) is 25.9 Å². The summed E-state index contributed by atoms with van der Waals surface area (Å²) in [6.07, 6.45) is 0.151. The van der Waals surface area contributed by atoms with Gasteiger partial charge < -0.3 is 24.1 Å². The Balaban J connectivity index is 1.51. The van der Waals surface area contributed by atoms with E-state index in [1.165, 1.54) is 6.92 Å². The number of fused-ring (bicyclic) bond motifs is 2. The van der Waals surface area contributed by atoms with Crippen LogP contribution in [-0.2, 0) is 28.5 Å². The highest BCUT2D eigenvalue weighted by atomic mass is 32.2. The summed E-state index contributed by atoms with van der Waals surface area (Å²) in [6, 6.07) is 0. The number of carbonyl (C=O) groups excluding carboxylic acids is 2. The zero-order valence-electron chi connectivity index (χ0n) is 18.5. The molecule has 2 saturated heterocycles. The van der Waals surface area contributed by atoms with Gasteiger partial charge >= 0.3 is 11.9 Å². The molecule has 9 atom stereocenters. The minimum absolute atomic E-state index is 0.0449. The molecule has 3 aliphatic heterocycles. The van der Waals surface area contributed by atoms with Crippen LogP contribution in [0, 0.1) is 27.9 Å². The molecule has 2 saturated carbocycles. The van der Waals surface area contributed by atoms with Crippen LogP contribution in [0.1, 0.15) is 47.0 Å². The van der Waals surface area contributed by atoms with E-state index in [2.05, 4.69) is 12.3 Å². The molecule has 0 bridgehead atoms. The maximum Gasteiger partial charge on any atom is 0.334 e. The first-order chi connectivity index (χ1) is 15.1. The standard InChI is InChI=1S/C23H27NO7S/c1-10(2)21(29-11(3)25)17(32-9-24)16-23(31-16)20(4)6-5-12-13(8-28-18(12)26)14(20)7-15-22(23,30-15)19(21)27/h10,14-17,19,27H,5-8H2,1-4H3/t14-,15-,16?,17+,19+,20-,21+,22+,23+/m0/s1. The first-order valence-electron chi connectivity index (χ1n) is 11.3. The number of aliphatic hydroxyl groups is 1. The largest absolute Gasteiger partial charge is 0.458 e. The smallest absolute Gasteiger partial charge is 0.334 e. The van der Waals surface area contributed by atoms with E-state index in [9.17, 15) is 20.0 Å². The monoisotopic (exact) mass is 461 g/mol. The molecule has 0 aromatic carbocycles. The number of hydrogen-bond acceptors (Lipinski definition) is 9. The molecule has 32 heavy (non-hydrogen) atoms. The summed E-state index contributed by atoms with van der Waals surface area (Å²) >= 11 is 1.01. The van der Waals surface area contributed by atoms with Crippen LogP contribution in [0.5, 0.6) is 0 Å². The number of ether oxygens (including phenoxy) is 4. The number of hydrogen-bond donors (Lipinski definition) is 1. The lowest BCUT2D eigenvalue weighted by molar-refractivity contribution is -0.206. The first kappa shape index (κ1) is 21.0. The number of aliphatic hydroxyl groups excluding tert-OH is 1. The van der Waals surface area contributed by atoms with E-state index in [-0.39, 0.29) is 23.9 Å². The second-order valence-electron chi connectivity index (χ2n) is 10.6. The fraction of sp³-hybridized carbons (Fsp3) is 0.783. The second kappa shape index (κ2) is 6.09. The minimum Gasteiger partial charge on any atom is -0.458 e. The van der Waals surface area contributed by atoms with E-state index in [0.717, 1.165) is 22.9 Å². The minimum atomic E-state index is -1.31. The predicted octanol–water partition coefficient (Wildman–Crippen LogP) is 1.85. The van der Waals surface area contributed by atoms with Gasteiger partial charge in [-0.05, 0) is 48.4 Å². The zero-order chi connectivity index (χ0) is 22.8. The average Bonchev–Trinajstić information content (AvgIpc) is 3.61. The van der Waals surface area contributed by atoms with Gasteiger partial charge in [0.25, 0.3) is 0 Å². The predicted molar refractivity (Wildman–Crippen MR) is 111 cm³/mol. The van der Waals surface area contributed by atoms with Gasteiger partial charge in [0.05, 0.1) is 11.4 Å². The lowest BCUT2D eigenvalue weighted by Crippen LogP contribution is -2.76. The van der Waals surface area contributed by atoms with E-state index >= 15 is 0 Å². The number of carbonyl (C=O) groups is 2. The van der Waals surface area contributed by atoms with Crippen molar-refractivity contribution < 1.29 is 33.6 Å². The molecule has 6 rings (SSSR count). The van der Waals surface area contributed by atoms with Gasteiger partial charge in [-0.15, -0.1) is 0 Å². The fourth-order valence-corrected chi connectivity index (χ4v) is 9.06. The average molecular weight is 462 g/mol. The van der Waals surface area contributed by atoms with Crippen molar-refractivity contribution in [3.05, 3.63) is 11.1 Å². The molecule has 4 fully saturated rings. The maximum absolute atomic E-state index is 12.2. The molecule has 0 aromatic rings. The Labute approximate surface area is 190 Å². The van der Waals surface area contributed by atoms with Gasteiger partial charge in [0.1, 0.15) is 29.8 Å². The van der Waals surface area contributed by atoms with Crippen molar-refractivity contribution in [3.63, 3.8) is 0 Å². The van der Waals surface area contributed by atoms with Crippen LogP contribution in [0.3, 0.4) is 0 Å². The molecule has 1 unspecified atom stereocenters. The number of epoxide rings is 2. The topological polar surface area (TPSA) is 122 Å². The van der Waals surface area contributed by atoms with Crippen molar-refractivity contribution >= 4 is 23.7 Å². The van der Waals surface area contributed by atoms with E-state index in [1.54, 1.807) is 0 Å². The Kier molecular flexibility index (Phi) is 3.99. The van der Waals surface area contributed by atoms with E-state index in [1.807, 2.05) is 13.8 Å². The summed E-state index contributed by atoms with van der Waals surface area (Å²) in [4.78, 5) is 24.4. The summed E-state index contributed by atoms with van der Waals surface area (Å²) in [5.74, 6) is -0.946. The molecule has 8 nitrogen and oxygen atoms in total. The highest BCUT2D eigenvalue weighted by Gasteiger charge is 2.97. The third kappa shape index (κ3) is 1.99. The van der Waals surface area contributed by atoms with Gasteiger partial charge in [-0.1, -0.05) is 20.8 Å². The van der Waals surface area contributed by atoms with Crippen molar-refractivity contribution in [2.75, 3.05) is 6.61 Å². The Hall–Kier alpha value is -1.60. The normalized spacial score (nSPS) is 52.0. The molecule has 3 aliphatic carbocycles. The van der Waals surface area contributed by atoms with Crippen LogP contribution < -0.4 is 0 Å². The van der Waals surface area contributed by atoms with Crippen LogP contribution in [0.4, 0.5) is 0 Å². The summed E-state index contributed by atoms with van der Waals surface area (Å²) in [5.41, 5.74) is -1.67. The van der Waals surface area contributed by atoms with E-state index < -0.39 is 45.6 Å². The number of cyclic esters (lactones) is 1. The Bertz CT molecular complexity index is 1020. The third-order valence-corrected chi connectivity index (χ3v) is 10.3. The van der Waals surface area contributed by atoms with Crippen LogP contribution in [-0.4, -0.2) is 64.0 Å². The van der Waals surface area contributed by atoms with Crippen molar-refractivity contribution in [1.82, 2.24) is 0 Å². The molecule has 0 amide bonds. The number of esters is 2. The van der Waals surface area contributed by atoms with Crippen LogP contribution in [0.2, 0.25) is 0 Å². The van der Waals surface area contributed by atoms with Crippen LogP contribution in [0.25, 0.3) is 0 Å². The fourth-order valence-electron chi connectivity index (χ4n) is 7.95. The van der Waals surface area contributed by atoms with Gasteiger partial charge in [-0.25, -0.2) is 4.79 Å². The van der Waals surface area contributed by atoms with Gasteiger partial charge in [0.15, 0.2) is 11.2 Å². The van der Waals surface area contributed by atoms with Crippen molar-refractivity contribution in [2.45, 2.75) is 87.3 Å². The van der Waals surface area contributed by atoms with E-state index in [4.69, 9.17) is 18.9 Å². The van der Waals surface area contributed by atoms with Crippen molar-refractivity contribution in [3.8, 4) is 5.40 Å². The molecule has 3 heterocycles. The van der Waals surface area contributed by atoms with Crippen molar-refractivity contribution in [1.29, 1.82) is 5.26 Å². The number of nitriles is 1. The molecule has 1 N–H and O–H groups in total. The molecule has 172 valence electrons. The van der Waals surface area contributed by atoms with Gasteiger partial charge in [-0.2, -0.15) is 5.26 Å². The molecule has 0 aromatic heterocycles. The summed E-state index contributed by atoms with van der Waals surface area (Å²) in [7, 11) is 0. The Morgan fingerprint density at radius 3 is 2.78 bits per heavy atom. The molecular weight excluding hydrogens is 434 g/mol. The zero-order valence-corrected chi connectivity index (χ0v) is 19.4. The SMILES string of the molecule is CC(=O)O[C@]1(C(C)C)[C@H](SC#N)C2O[C@]23[C@]2(O[C@H]2C[C@H]2C4=C(CC[C@@]23C)C(=O)OC4)[C@@H]1O. The van der Waals surface area contributed by atoms with Crippen molar-refractivity contribution in [2.24, 2.45) is 17.3 Å². The number of nitrogens with zero attached hydrogens (tertiary/aromatic N) is 1. The van der Waals surface area contributed by atoms with Crippen LogP contribution >= 0.6 is 11.8 Å². The number of thiocyanates is 1. The van der Waals surface area contributed by atoms with Gasteiger partial charge in [0, 0.05) is 17.9 Å². The molecule has 6 aliphatic rings. The summed E-state index contributed by atoms with van der Waals surface area (Å²) in [6.45, 7) is 7.59.